The zero-order valence-electron chi connectivity index (χ0n) is 14.8. The van der Waals surface area contributed by atoms with Crippen LogP contribution in [0.4, 0.5) is 5.82 Å². The first-order chi connectivity index (χ1) is 12.3. The van der Waals surface area contributed by atoms with Gasteiger partial charge in [-0.25, -0.2) is 4.98 Å². The summed E-state index contributed by atoms with van der Waals surface area (Å²) in [6.45, 7) is 3.67. The van der Waals surface area contributed by atoms with Crippen LogP contribution < -0.4 is 5.32 Å². The van der Waals surface area contributed by atoms with Gasteiger partial charge >= 0.3 is 0 Å². The van der Waals surface area contributed by atoms with Gasteiger partial charge in [0.15, 0.2) is 11.5 Å². The first-order valence-corrected chi connectivity index (χ1v) is 8.24. The largest absolute Gasteiger partial charge is 0.488 e. The van der Waals surface area contributed by atoms with Crippen molar-refractivity contribution >= 4 is 17.5 Å². The number of aromatic nitrogens is 1. The number of nitrogens with one attached hydrogen (secondary N) is 1. The van der Waals surface area contributed by atoms with E-state index < -0.39 is 11.8 Å². The van der Waals surface area contributed by atoms with Gasteiger partial charge in [-0.15, -0.1) is 0 Å². The Morgan fingerprint density at radius 2 is 1.88 bits per heavy atom. The van der Waals surface area contributed by atoms with E-state index in [1.807, 2.05) is 13.8 Å². The number of benzene rings is 1. The van der Waals surface area contributed by atoms with Crippen molar-refractivity contribution in [3.05, 3.63) is 65.5 Å². The van der Waals surface area contributed by atoms with Crippen molar-refractivity contribution in [2.45, 2.75) is 25.9 Å². The number of carbonyl (C=O) groups is 1. The highest BCUT2D eigenvalue weighted by Gasteiger charge is 2.44. The topological polar surface area (TPSA) is 94.9 Å². The normalized spacial score (nSPS) is 15.7. The Labute approximate surface area is 151 Å². The fraction of sp³-hybridized carbons (Fsp3) is 0.263. The molecule has 1 amide bonds. The summed E-state index contributed by atoms with van der Waals surface area (Å²) in [5, 5.41) is 23.9. The maximum absolute atomic E-state index is 12.9. The molecule has 0 atom stereocenters. The highest BCUT2D eigenvalue weighted by Crippen LogP contribution is 2.40. The number of hydrogen-bond acceptors (Lipinski definition) is 6. The van der Waals surface area contributed by atoms with Gasteiger partial charge in [-0.3, -0.25) is 4.79 Å². The molecule has 7 heteroatoms. The van der Waals surface area contributed by atoms with E-state index in [2.05, 4.69) is 10.3 Å². The van der Waals surface area contributed by atoms with Crippen molar-refractivity contribution in [2.24, 2.45) is 0 Å². The van der Waals surface area contributed by atoms with Gasteiger partial charge in [-0.2, -0.15) is 0 Å². The van der Waals surface area contributed by atoms with Crippen LogP contribution in [0.1, 0.15) is 25.0 Å². The van der Waals surface area contributed by atoms with Crippen LogP contribution in [0.5, 0.6) is 0 Å². The van der Waals surface area contributed by atoms with Gasteiger partial charge in [0.05, 0.1) is 6.10 Å². The molecule has 3 rings (SSSR count). The van der Waals surface area contributed by atoms with E-state index in [4.69, 9.17) is 4.74 Å². The van der Waals surface area contributed by atoms with Crippen LogP contribution in [-0.4, -0.2) is 39.2 Å². The van der Waals surface area contributed by atoms with E-state index in [0.717, 1.165) is 4.90 Å². The number of rotatable bonds is 4. The molecule has 2 heterocycles. The summed E-state index contributed by atoms with van der Waals surface area (Å²) in [4.78, 5) is 18.1. The summed E-state index contributed by atoms with van der Waals surface area (Å²) in [6, 6.07) is 11.8. The lowest BCUT2D eigenvalue weighted by atomic mass is 9.95. The van der Waals surface area contributed by atoms with Crippen LogP contribution in [0.15, 0.2) is 54.4 Å². The molecule has 0 fully saturated rings. The lowest BCUT2D eigenvalue weighted by Crippen LogP contribution is -2.49. The second-order valence-electron chi connectivity index (χ2n) is 6.25. The van der Waals surface area contributed by atoms with E-state index in [0.29, 0.717) is 11.4 Å². The van der Waals surface area contributed by atoms with E-state index in [-0.39, 0.29) is 23.1 Å². The number of fused-ring (bicyclic) bond motifs is 1. The summed E-state index contributed by atoms with van der Waals surface area (Å²) in [5.74, 6) is -2.27. The molecule has 136 valence electrons. The predicted octanol–water partition coefficient (Wildman–Crippen LogP) is 1.85. The molecular weight excluding hydrogens is 334 g/mol. The first kappa shape index (κ1) is 17.9. The van der Waals surface area contributed by atoms with E-state index >= 15 is 0 Å². The monoisotopic (exact) mass is 355 g/mol. The van der Waals surface area contributed by atoms with Crippen molar-refractivity contribution in [3.8, 4) is 0 Å². The Morgan fingerprint density at radius 1 is 1.19 bits per heavy atom. The predicted molar refractivity (Wildman–Crippen MR) is 96.3 cm³/mol. The molecule has 1 aliphatic heterocycles. The Bertz CT molecular complexity index is 847. The summed E-state index contributed by atoms with van der Waals surface area (Å²) in [7, 11) is 1.42. The molecule has 2 aromatic rings. The lowest BCUT2D eigenvalue weighted by Gasteiger charge is -2.40. The SMILES string of the molecule is CC(C)OC1=C(C(=O)Nc2ccccn2)N(C)C(O)(O)c2ccccc21. The van der Waals surface area contributed by atoms with Gasteiger partial charge in [0.1, 0.15) is 5.82 Å². The van der Waals surface area contributed by atoms with Gasteiger partial charge in [0, 0.05) is 24.4 Å². The summed E-state index contributed by atoms with van der Waals surface area (Å²) in [6.07, 6.45) is 1.34. The van der Waals surface area contributed by atoms with Gasteiger partial charge in [0.25, 0.3) is 11.8 Å². The Balaban J connectivity index is 2.13. The summed E-state index contributed by atoms with van der Waals surface area (Å²) < 4.78 is 5.89. The number of aliphatic hydroxyl groups is 2. The van der Waals surface area contributed by atoms with Crippen LogP contribution in [0.2, 0.25) is 0 Å². The van der Waals surface area contributed by atoms with Gasteiger partial charge in [0.2, 0.25) is 0 Å². The van der Waals surface area contributed by atoms with Crippen LogP contribution in [0, 0.1) is 0 Å². The van der Waals surface area contributed by atoms with E-state index in [1.54, 1.807) is 48.7 Å². The highest BCUT2D eigenvalue weighted by molar-refractivity contribution is 6.08. The molecule has 0 saturated carbocycles. The molecule has 0 unspecified atom stereocenters. The molecule has 3 N–H and O–H groups in total. The lowest BCUT2D eigenvalue weighted by molar-refractivity contribution is -0.258. The third kappa shape index (κ3) is 3.14. The summed E-state index contributed by atoms with van der Waals surface area (Å²) >= 11 is 0. The maximum Gasteiger partial charge on any atom is 0.277 e. The Kier molecular flexibility index (Phi) is 4.67. The minimum absolute atomic E-state index is 0.00746. The zero-order chi connectivity index (χ0) is 18.9. The number of anilines is 1. The van der Waals surface area contributed by atoms with Crippen molar-refractivity contribution in [2.75, 3.05) is 12.4 Å². The number of likely N-dealkylation sites (N-methyl/N-ethyl adjacent to an activating group) is 1. The Morgan fingerprint density at radius 3 is 2.54 bits per heavy atom. The van der Waals surface area contributed by atoms with E-state index in [9.17, 15) is 15.0 Å². The van der Waals surface area contributed by atoms with Crippen molar-refractivity contribution < 1.29 is 19.7 Å². The molecule has 26 heavy (non-hydrogen) atoms. The summed E-state index contributed by atoms with van der Waals surface area (Å²) in [5.41, 5.74) is 0.705. The quantitative estimate of drug-likeness (QED) is 0.725. The second kappa shape index (κ2) is 6.78. The maximum atomic E-state index is 12.9. The molecule has 1 aromatic heterocycles. The van der Waals surface area contributed by atoms with Crippen LogP contribution in [0.3, 0.4) is 0 Å². The molecule has 1 aliphatic rings. The minimum Gasteiger partial charge on any atom is -0.488 e. The zero-order valence-corrected chi connectivity index (χ0v) is 14.8. The minimum atomic E-state index is -2.35. The Hall–Kier alpha value is -2.90. The van der Waals surface area contributed by atoms with Gasteiger partial charge in [-0.05, 0) is 26.0 Å². The third-order valence-corrected chi connectivity index (χ3v) is 4.03. The van der Waals surface area contributed by atoms with Crippen LogP contribution in [0.25, 0.3) is 5.76 Å². The molecule has 0 spiro atoms. The molecule has 7 nitrogen and oxygen atoms in total. The van der Waals surface area contributed by atoms with Gasteiger partial charge < -0.3 is 25.2 Å². The van der Waals surface area contributed by atoms with E-state index in [1.165, 1.54) is 7.05 Å². The number of hydrogen-bond donors (Lipinski definition) is 3. The second-order valence-corrected chi connectivity index (χ2v) is 6.25. The smallest absolute Gasteiger partial charge is 0.277 e. The number of nitrogens with zero attached hydrogens (tertiary/aromatic N) is 2. The average Bonchev–Trinajstić information content (AvgIpc) is 2.60. The fourth-order valence-electron chi connectivity index (χ4n) is 2.81. The van der Waals surface area contributed by atoms with Crippen LogP contribution in [-0.2, 0) is 15.4 Å². The molecule has 0 bridgehead atoms. The highest BCUT2D eigenvalue weighted by atomic mass is 16.5. The average molecular weight is 355 g/mol. The number of pyridine rings is 1. The van der Waals surface area contributed by atoms with Crippen LogP contribution >= 0.6 is 0 Å². The van der Waals surface area contributed by atoms with Gasteiger partial charge in [-0.1, -0.05) is 30.3 Å². The van der Waals surface area contributed by atoms with Crippen molar-refractivity contribution in [1.29, 1.82) is 0 Å². The molecule has 0 radical (unpaired) electrons. The molecule has 1 aromatic carbocycles. The number of ether oxygens (including phenoxy) is 1. The number of amides is 1. The van der Waals surface area contributed by atoms with Crippen molar-refractivity contribution in [1.82, 2.24) is 9.88 Å². The standard InChI is InChI=1S/C19H21N3O4/c1-12(2)26-17-13-8-4-5-9-14(13)19(24,25)22(3)16(17)18(23)21-15-10-6-7-11-20-15/h4-12,24-25H,1-3H3,(H,20,21,23). The van der Waals surface area contributed by atoms with Crippen molar-refractivity contribution in [3.63, 3.8) is 0 Å². The first-order valence-electron chi connectivity index (χ1n) is 8.24. The third-order valence-electron chi connectivity index (χ3n) is 4.03. The molecular formula is C19H21N3O4. The molecule has 0 aliphatic carbocycles. The molecule has 0 saturated heterocycles. The fourth-order valence-corrected chi connectivity index (χ4v) is 2.81. The number of carbonyl (C=O) groups excluding carboxylic acids is 1.